The third-order valence-electron chi connectivity index (χ3n) is 3.52. The Morgan fingerprint density at radius 3 is 2.30 bits per heavy atom. The Balaban J connectivity index is 0.00000200. The van der Waals surface area contributed by atoms with Crippen molar-refractivity contribution in [2.45, 2.75) is 17.7 Å². The van der Waals surface area contributed by atoms with Gasteiger partial charge in [-0.25, -0.2) is 8.42 Å². The van der Waals surface area contributed by atoms with E-state index in [-0.39, 0.29) is 12.4 Å². The number of halogens is 2. The molecule has 20 heavy (non-hydrogen) atoms. The molecule has 1 aliphatic rings. The fourth-order valence-electron chi connectivity index (χ4n) is 2.40. The second-order valence-electron chi connectivity index (χ2n) is 4.86. The molecule has 0 saturated carbocycles. The van der Waals surface area contributed by atoms with Crippen LogP contribution in [0.1, 0.15) is 12.8 Å². The smallest absolute Gasteiger partial charge is 0.243 e. The predicted octanol–water partition coefficient (Wildman–Crippen LogP) is 2.49. The molecule has 1 fully saturated rings. The number of piperidine rings is 1. The Bertz CT molecular complexity index is 514. The molecule has 1 saturated heterocycles. The van der Waals surface area contributed by atoms with E-state index < -0.39 is 10.0 Å². The lowest BCUT2D eigenvalue weighted by Gasteiger charge is -2.31. The molecule has 1 heterocycles. The molecule has 0 aliphatic carbocycles. The first-order chi connectivity index (χ1) is 9.04. The third kappa shape index (κ3) is 4.18. The summed E-state index contributed by atoms with van der Waals surface area (Å²) < 4.78 is 27.4. The van der Waals surface area contributed by atoms with Crippen LogP contribution in [0.15, 0.2) is 33.6 Å². The van der Waals surface area contributed by atoms with Gasteiger partial charge in [-0.15, -0.1) is 12.4 Å². The van der Waals surface area contributed by atoms with Crippen LogP contribution in [0.2, 0.25) is 0 Å². The van der Waals surface area contributed by atoms with Crippen molar-refractivity contribution in [2.75, 3.05) is 26.7 Å². The average Bonchev–Trinajstić information content (AvgIpc) is 2.40. The maximum Gasteiger partial charge on any atom is 0.243 e. The fourth-order valence-corrected chi connectivity index (χ4v) is 4.13. The van der Waals surface area contributed by atoms with Crippen molar-refractivity contribution in [3.8, 4) is 0 Å². The molecule has 0 atom stereocenters. The first-order valence-corrected chi connectivity index (χ1v) is 8.67. The van der Waals surface area contributed by atoms with Crippen molar-refractivity contribution in [3.05, 3.63) is 28.7 Å². The highest BCUT2D eigenvalue weighted by Crippen LogP contribution is 2.24. The monoisotopic (exact) mass is 382 g/mol. The van der Waals surface area contributed by atoms with Crippen LogP contribution in [-0.4, -0.2) is 39.4 Å². The molecule has 1 aromatic rings. The summed E-state index contributed by atoms with van der Waals surface area (Å²) in [6.07, 6.45) is 1.85. The van der Waals surface area contributed by atoms with E-state index in [0.29, 0.717) is 23.9 Å². The Hall–Kier alpha value is -0.140. The van der Waals surface area contributed by atoms with Crippen molar-refractivity contribution in [1.82, 2.24) is 9.62 Å². The molecule has 0 unspecified atom stereocenters. The van der Waals surface area contributed by atoms with Crippen LogP contribution >= 0.6 is 28.3 Å². The van der Waals surface area contributed by atoms with Gasteiger partial charge in [0.15, 0.2) is 0 Å². The van der Waals surface area contributed by atoms with Gasteiger partial charge in [0.1, 0.15) is 0 Å². The molecule has 1 aliphatic heterocycles. The van der Waals surface area contributed by atoms with E-state index in [0.717, 1.165) is 23.9 Å². The van der Waals surface area contributed by atoms with Crippen molar-refractivity contribution in [3.63, 3.8) is 0 Å². The lowest BCUT2D eigenvalue weighted by molar-refractivity contribution is 0.270. The molecule has 0 aromatic heterocycles. The van der Waals surface area contributed by atoms with E-state index in [9.17, 15) is 8.42 Å². The molecular formula is C13H20BrClN2O2S. The molecule has 2 rings (SSSR count). The number of nitrogens with zero attached hydrogens (tertiary/aromatic N) is 1. The minimum Gasteiger partial charge on any atom is -0.319 e. The quantitative estimate of drug-likeness (QED) is 0.869. The minimum atomic E-state index is -3.33. The molecule has 1 aromatic carbocycles. The molecule has 7 heteroatoms. The normalized spacial score (nSPS) is 17.7. The van der Waals surface area contributed by atoms with Crippen molar-refractivity contribution >= 4 is 38.4 Å². The molecule has 0 radical (unpaired) electrons. The minimum absolute atomic E-state index is 0. The number of hydrogen-bond donors (Lipinski definition) is 1. The highest BCUT2D eigenvalue weighted by atomic mass is 79.9. The number of hydrogen-bond acceptors (Lipinski definition) is 3. The maximum absolute atomic E-state index is 12.5. The highest BCUT2D eigenvalue weighted by molar-refractivity contribution is 9.10. The zero-order chi connectivity index (χ0) is 13.9. The molecule has 4 nitrogen and oxygen atoms in total. The zero-order valence-corrected chi connectivity index (χ0v) is 14.6. The summed E-state index contributed by atoms with van der Waals surface area (Å²) in [6.45, 7) is 2.20. The second-order valence-corrected chi connectivity index (χ2v) is 7.71. The number of sulfonamides is 1. The summed E-state index contributed by atoms with van der Waals surface area (Å²) in [4.78, 5) is 0.378. The first-order valence-electron chi connectivity index (χ1n) is 6.44. The SMILES string of the molecule is CNCC1CCN(S(=O)(=O)c2ccc(Br)cc2)CC1.Cl. The number of nitrogens with one attached hydrogen (secondary N) is 1. The standard InChI is InChI=1S/C13H19BrN2O2S.ClH/c1-15-10-11-6-8-16(9-7-11)19(17,18)13-4-2-12(14)3-5-13;/h2-5,11,15H,6-10H2,1H3;1H. The molecule has 0 bridgehead atoms. The van der Waals surface area contributed by atoms with Gasteiger partial charge in [0, 0.05) is 17.6 Å². The Kier molecular flexibility index (Phi) is 6.94. The topological polar surface area (TPSA) is 49.4 Å². The van der Waals surface area contributed by atoms with E-state index in [2.05, 4.69) is 21.2 Å². The van der Waals surface area contributed by atoms with Gasteiger partial charge in [-0.3, -0.25) is 0 Å². The lowest BCUT2D eigenvalue weighted by atomic mass is 9.98. The fraction of sp³-hybridized carbons (Fsp3) is 0.538. The van der Waals surface area contributed by atoms with Crippen LogP contribution in [0.4, 0.5) is 0 Å². The van der Waals surface area contributed by atoms with Crippen LogP contribution in [-0.2, 0) is 10.0 Å². The van der Waals surface area contributed by atoms with Gasteiger partial charge in [-0.2, -0.15) is 4.31 Å². The second kappa shape index (κ2) is 7.75. The summed E-state index contributed by atoms with van der Waals surface area (Å²) in [6, 6.07) is 6.83. The van der Waals surface area contributed by atoms with Crippen LogP contribution < -0.4 is 5.32 Å². The Morgan fingerprint density at radius 1 is 1.25 bits per heavy atom. The number of rotatable bonds is 4. The lowest BCUT2D eigenvalue weighted by Crippen LogP contribution is -2.40. The van der Waals surface area contributed by atoms with Gasteiger partial charge in [0.05, 0.1) is 4.90 Å². The van der Waals surface area contributed by atoms with Gasteiger partial charge in [0.2, 0.25) is 10.0 Å². The van der Waals surface area contributed by atoms with E-state index in [4.69, 9.17) is 0 Å². The summed E-state index contributed by atoms with van der Waals surface area (Å²) in [7, 11) is -1.39. The van der Waals surface area contributed by atoms with Gasteiger partial charge >= 0.3 is 0 Å². The van der Waals surface area contributed by atoms with Gasteiger partial charge < -0.3 is 5.32 Å². The number of benzene rings is 1. The van der Waals surface area contributed by atoms with Gasteiger partial charge in [0.25, 0.3) is 0 Å². The Morgan fingerprint density at radius 2 is 1.80 bits per heavy atom. The van der Waals surface area contributed by atoms with Crippen LogP contribution in [0.3, 0.4) is 0 Å². The Labute approximate surface area is 135 Å². The molecule has 0 spiro atoms. The predicted molar refractivity (Wildman–Crippen MR) is 86.8 cm³/mol. The van der Waals surface area contributed by atoms with E-state index in [1.165, 1.54) is 0 Å². The summed E-state index contributed by atoms with van der Waals surface area (Å²) in [5, 5.41) is 3.16. The third-order valence-corrected chi connectivity index (χ3v) is 5.96. The van der Waals surface area contributed by atoms with Gasteiger partial charge in [-0.1, -0.05) is 15.9 Å². The van der Waals surface area contributed by atoms with Crippen LogP contribution in [0.25, 0.3) is 0 Å². The van der Waals surface area contributed by atoms with Gasteiger partial charge in [-0.05, 0) is 56.6 Å². The zero-order valence-electron chi connectivity index (χ0n) is 11.4. The highest BCUT2D eigenvalue weighted by Gasteiger charge is 2.28. The van der Waals surface area contributed by atoms with Crippen LogP contribution in [0.5, 0.6) is 0 Å². The van der Waals surface area contributed by atoms with Crippen molar-refractivity contribution < 1.29 is 8.42 Å². The summed E-state index contributed by atoms with van der Waals surface area (Å²) >= 11 is 3.32. The summed E-state index contributed by atoms with van der Waals surface area (Å²) in [5.74, 6) is 0.585. The largest absolute Gasteiger partial charge is 0.319 e. The van der Waals surface area contributed by atoms with E-state index >= 15 is 0 Å². The maximum atomic E-state index is 12.5. The first kappa shape index (κ1) is 17.9. The molecular weight excluding hydrogens is 364 g/mol. The molecule has 0 amide bonds. The molecule has 114 valence electrons. The summed E-state index contributed by atoms with van der Waals surface area (Å²) in [5.41, 5.74) is 0. The average molecular weight is 384 g/mol. The van der Waals surface area contributed by atoms with E-state index in [1.54, 1.807) is 28.6 Å². The van der Waals surface area contributed by atoms with Crippen molar-refractivity contribution in [2.24, 2.45) is 5.92 Å². The molecule has 1 N–H and O–H groups in total. The van der Waals surface area contributed by atoms with Crippen LogP contribution in [0, 0.1) is 5.92 Å². The van der Waals surface area contributed by atoms with Crippen molar-refractivity contribution in [1.29, 1.82) is 0 Å². The van der Waals surface area contributed by atoms with E-state index in [1.807, 2.05) is 7.05 Å².